The highest BCUT2D eigenvalue weighted by Gasteiger charge is 2.30. The first-order chi connectivity index (χ1) is 19.6. The van der Waals surface area contributed by atoms with Crippen molar-refractivity contribution in [1.82, 2.24) is 10.2 Å². The van der Waals surface area contributed by atoms with Crippen LogP contribution in [0.4, 0.5) is 10.1 Å². The van der Waals surface area contributed by atoms with Crippen LogP contribution in [0.1, 0.15) is 49.3 Å². The number of aryl methyl sites for hydroxylation is 1. The minimum atomic E-state index is -3.66. The van der Waals surface area contributed by atoms with Crippen LogP contribution in [-0.4, -0.2) is 50.5 Å². The maximum atomic E-state index is 13.8. The number of rotatable bonds is 15. The third-order valence-corrected chi connectivity index (χ3v) is 8.00. The number of carbonyl (C=O) groups excluding carboxylic acids is 2. The monoisotopic (exact) mass is 581 g/mol. The van der Waals surface area contributed by atoms with Crippen LogP contribution in [0, 0.1) is 12.7 Å². The fourth-order valence-electron chi connectivity index (χ4n) is 4.68. The molecule has 3 aromatic rings. The summed E-state index contributed by atoms with van der Waals surface area (Å²) in [6, 6.07) is 21.9. The van der Waals surface area contributed by atoms with Crippen LogP contribution in [0.15, 0.2) is 78.9 Å². The van der Waals surface area contributed by atoms with Crippen molar-refractivity contribution in [2.24, 2.45) is 0 Å². The molecule has 3 rings (SSSR count). The predicted octanol–water partition coefficient (Wildman–Crippen LogP) is 5.24. The van der Waals surface area contributed by atoms with Crippen molar-refractivity contribution >= 4 is 27.5 Å². The second-order valence-electron chi connectivity index (χ2n) is 10.3. The molecule has 9 heteroatoms. The van der Waals surface area contributed by atoms with Gasteiger partial charge in [0.1, 0.15) is 11.9 Å². The normalized spacial score (nSPS) is 12.0. The molecule has 1 N–H and O–H groups in total. The minimum absolute atomic E-state index is 0.0343. The van der Waals surface area contributed by atoms with Crippen LogP contribution in [0.2, 0.25) is 0 Å². The molecular formula is C32H40FN3O4S. The number of sulfonamides is 1. The molecule has 41 heavy (non-hydrogen) atoms. The van der Waals surface area contributed by atoms with Gasteiger partial charge in [-0.3, -0.25) is 13.9 Å². The first kappa shape index (κ1) is 31.8. The van der Waals surface area contributed by atoms with Gasteiger partial charge in [-0.05, 0) is 55.2 Å². The fourth-order valence-corrected chi connectivity index (χ4v) is 5.64. The Bertz CT molecular complexity index is 1380. The molecule has 7 nitrogen and oxygen atoms in total. The SMILES string of the molecule is CCCCNC(=O)[C@@H](Cc1ccccc1)N(Cc1cccc(C)c1)C(=O)CCCN(c1ccc(F)cc1)S(C)(=O)=O. The Hall–Kier alpha value is -3.72. The molecule has 0 heterocycles. The second kappa shape index (κ2) is 15.3. The Morgan fingerprint density at radius 3 is 2.24 bits per heavy atom. The standard InChI is InChI=1S/C32H40FN3O4S/c1-4-5-20-34-32(38)30(23-26-12-7-6-8-13-26)35(24-27-14-9-11-25(2)22-27)31(37)15-10-21-36(41(3,39)40)29-18-16-28(33)17-19-29/h6-9,11-14,16-19,22,30H,4-5,10,15,20-21,23-24H2,1-3H3,(H,34,38)/t30-/m1/s1. The summed E-state index contributed by atoms with van der Waals surface area (Å²) in [5, 5.41) is 3.01. The number of amides is 2. The van der Waals surface area contributed by atoms with E-state index in [4.69, 9.17) is 0 Å². The predicted molar refractivity (Wildman–Crippen MR) is 161 cm³/mol. The van der Waals surface area contributed by atoms with Gasteiger partial charge >= 0.3 is 0 Å². The number of carbonyl (C=O) groups is 2. The van der Waals surface area contributed by atoms with Crippen LogP contribution < -0.4 is 9.62 Å². The van der Waals surface area contributed by atoms with Gasteiger partial charge in [-0.25, -0.2) is 12.8 Å². The van der Waals surface area contributed by atoms with E-state index in [1.54, 1.807) is 4.90 Å². The van der Waals surface area contributed by atoms with E-state index in [-0.39, 0.29) is 37.7 Å². The highest BCUT2D eigenvalue weighted by atomic mass is 32.2. The highest BCUT2D eigenvalue weighted by molar-refractivity contribution is 7.92. The molecule has 0 saturated heterocycles. The fraction of sp³-hybridized carbons (Fsp3) is 0.375. The number of nitrogens with one attached hydrogen (secondary N) is 1. The van der Waals surface area contributed by atoms with Crippen LogP contribution >= 0.6 is 0 Å². The lowest BCUT2D eigenvalue weighted by atomic mass is 10.0. The van der Waals surface area contributed by atoms with E-state index in [0.717, 1.165) is 35.8 Å². The highest BCUT2D eigenvalue weighted by Crippen LogP contribution is 2.21. The van der Waals surface area contributed by atoms with Gasteiger partial charge in [0.05, 0.1) is 11.9 Å². The average molecular weight is 582 g/mol. The van der Waals surface area contributed by atoms with Crippen molar-refractivity contribution in [3.63, 3.8) is 0 Å². The van der Waals surface area contributed by atoms with E-state index in [0.29, 0.717) is 18.7 Å². The lowest BCUT2D eigenvalue weighted by Crippen LogP contribution is -2.50. The molecule has 0 radical (unpaired) electrons. The number of unbranched alkanes of at least 4 members (excludes halogenated alkanes) is 1. The maximum Gasteiger partial charge on any atom is 0.243 e. The zero-order valence-electron chi connectivity index (χ0n) is 24.1. The van der Waals surface area contributed by atoms with Gasteiger partial charge in [0.25, 0.3) is 0 Å². The molecule has 0 spiro atoms. The third-order valence-electron chi connectivity index (χ3n) is 6.80. The molecule has 0 aliphatic carbocycles. The Labute approximate surface area is 243 Å². The molecular weight excluding hydrogens is 541 g/mol. The van der Waals surface area contributed by atoms with Crippen molar-refractivity contribution in [2.45, 2.75) is 58.5 Å². The van der Waals surface area contributed by atoms with E-state index >= 15 is 0 Å². The summed E-state index contributed by atoms with van der Waals surface area (Å²) in [5.41, 5.74) is 3.21. The van der Waals surface area contributed by atoms with E-state index in [1.165, 1.54) is 28.6 Å². The molecule has 2 amide bonds. The molecule has 3 aromatic carbocycles. The van der Waals surface area contributed by atoms with Gasteiger partial charge in [0.15, 0.2) is 0 Å². The van der Waals surface area contributed by atoms with Gasteiger partial charge < -0.3 is 10.2 Å². The Balaban J connectivity index is 1.86. The molecule has 220 valence electrons. The second-order valence-corrected chi connectivity index (χ2v) is 12.2. The van der Waals surface area contributed by atoms with E-state index in [1.807, 2.05) is 68.4 Å². The number of hydrogen-bond donors (Lipinski definition) is 1. The largest absolute Gasteiger partial charge is 0.354 e. The van der Waals surface area contributed by atoms with Crippen LogP contribution in [0.25, 0.3) is 0 Å². The topological polar surface area (TPSA) is 86.8 Å². The lowest BCUT2D eigenvalue weighted by Gasteiger charge is -2.32. The number of hydrogen-bond acceptors (Lipinski definition) is 4. The number of benzene rings is 3. The Morgan fingerprint density at radius 2 is 1.61 bits per heavy atom. The summed E-state index contributed by atoms with van der Waals surface area (Å²) < 4.78 is 39.6. The summed E-state index contributed by atoms with van der Waals surface area (Å²) in [6.07, 6.45) is 3.45. The van der Waals surface area contributed by atoms with Crippen LogP contribution in [0.3, 0.4) is 0 Å². The van der Waals surface area contributed by atoms with Gasteiger partial charge in [0.2, 0.25) is 21.8 Å². The van der Waals surface area contributed by atoms with Crippen molar-refractivity contribution in [1.29, 1.82) is 0 Å². The Morgan fingerprint density at radius 1 is 0.927 bits per heavy atom. The van der Waals surface area contributed by atoms with Crippen LogP contribution in [0.5, 0.6) is 0 Å². The van der Waals surface area contributed by atoms with Gasteiger partial charge in [-0.15, -0.1) is 0 Å². The molecule has 0 fully saturated rings. The van der Waals surface area contributed by atoms with E-state index < -0.39 is 21.9 Å². The minimum Gasteiger partial charge on any atom is -0.354 e. The van der Waals surface area contributed by atoms with Crippen molar-refractivity contribution in [3.05, 3.63) is 101 Å². The van der Waals surface area contributed by atoms with Crippen molar-refractivity contribution in [3.8, 4) is 0 Å². The zero-order chi connectivity index (χ0) is 29.8. The third kappa shape index (κ3) is 10.0. The molecule has 0 aromatic heterocycles. The maximum absolute atomic E-state index is 13.8. The molecule has 0 saturated carbocycles. The zero-order valence-corrected chi connectivity index (χ0v) is 24.9. The lowest BCUT2D eigenvalue weighted by molar-refractivity contribution is -0.141. The van der Waals surface area contributed by atoms with Crippen LogP contribution in [-0.2, 0) is 32.6 Å². The van der Waals surface area contributed by atoms with Gasteiger partial charge in [-0.2, -0.15) is 0 Å². The summed E-state index contributed by atoms with van der Waals surface area (Å²) in [4.78, 5) is 29.0. The molecule has 0 aliphatic heterocycles. The molecule has 0 aliphatic rings. The van der Waals surface area contributed by atoms with E-state index in [2.05, 4.69) is 5.32 Å². The van der Waals surface area contributed by atoms with Crippen molar-refractivity contribution < 1.29 is 22.4 Å². The summed E-state index contributed by atoms with van der Waals surface area (Å²) in [6.45, 7) is 4.83. The molecule has 0 bridgehead atoms. The van der Waals surface area contributed by atoms with Crippen molar-refractivity contribution in [2.75, 3.05) is 23.7 Å². The number of anilines is 1. The first-order valence-electron chi connectivity index (χ1n) is 14.0. The van der Waals surface area contributed by atoms with Gasteiger partial charge in [0, 0.05) is 32.5 Å². The Kier molecular flexibility index (Phi) is 11.9. The summed E-state index contributed by atoms with van der Waals surface area (Å²) in [5.74, 6) is -0.927. The number of halogens is 1. The summed E-state index contributed by atoms with van der Waals surface area (Å²) in [7, 11) is -3.66. The van der Waals surface area contributed by atoms with E-state index in [9.17, 15) is 22.4 Å². The average Bonchev–Trinajstić information content (AvgIpc) is 2.93. The summed E-state index contributed by atoms with van der Waals surface area (Å²) >= 11 is 0. The number of nitrogens with zero attached hydrogens (tertiary/aromatic N) is 2. The smallest absolute Gasteiger partial charge is 0.243 e. The quantitative estimate of drug-likeness (QED) is 0.249. The molecule has 0 unspecified atom stereocenters. The van der Waals surface area contributed by atoms with Gasteiger partial charge in [-0.1, -0.05) is 73.5 Å². The first-order valence-corrected chi connectivity index (χ1v) is 15.8. The molecule has 1 atom stereocenters.